The topological polar surface area (TPSA) is 123 Å². The second-order valence-corrected chi connectivity index (χ2v) is 9.34. The summed E-state index contributed by atoms with van der Waals surface area (Å²) in [6, 6.07) is 21.0. The first-order valence-corrected chi connectivity index (χ1v) is 12.7. The predicted octanol–water partition coefficient (Wildman–Crippen LogP) is 4.46. The SMILES string of the molecule is Cc1cc(OC(=O)Nc2ccccc2)cc(C)c1C[C@H](N)C(=O)N[C@H](C)C(=O)NCCCc1ccccc1.Cl. The third-order valence-electron chi connectivity index (χ3n) is 6.20. The van der Waals surface area contributed by atoms with Gasteiger partial charge in [0.2, 0.25) is 11.8 Å². The number of benzene rings is 3. The second-order valence-electron chi connectivity index (χ2n) is 9.34. The molecule has 0 saturated heterocycles. The third kappa shape index (κ3) is 10.1. The van der Waals surface area contributed by atoms with Gasteiger partial charge in [-0.1, -0.05) is 48.5 Å². The first kappa shape index (κ1) is 31.3. The van der Waals surface area contributed by atoms with Crippen LogP contribution >= 0.6 is 12.4 Å². The molecule has 0 fully saturated rings. The molecule has 9 heteroatoms. The molecule has 208 valence electrons. The molecule has 0 aliphatic carbocycles. The van der Waals surface area contributed by atoms with E-state index in [9.17, 15) is 14.4 Å². The van der Waals surface area contributed by atoms with Gasteiger partial charge in [0.05, 0.1) is 6.04 Å². The molecule has 0 aromatic heterocycles. The van der Waals surface area contributed by atoms with E-state index in [4.69, 9.17) is 10.5 Å². The molecule has 3 rings (SSSR count). The molecular weight excluding hydrogens is 516 g/mol. The summed E-state index contributed by atoms with van der Waals surface area (Å²) in [4.78, 5) is 37.3. The number of rotatable bonds is 11. The van der Waals surface area contributed by atoms with Gasteiger partial charge in [0.15, 0.2) is 0 Å². The fourth-order valence-electron chi connectivity index (χ4n) is 4.11. The highest BCUT2D eigenvalue weighted by Gasteiger charge is 2.22. The summed E-state index contributed by atoms with van der Waals surface area (Å²) in [6.07, 6.45) is 1.37. The summed E-state index contributed by atoms with van der Waals surface area (Å²) in [6.45, 7) is 5.91. The van der Waals surface area contributed by atoms with Gasteiger partial charge in [-0.05, 0) is 86.6 Å². The molecule has 2 atom stereocenters. The number of carbonyl (C=O) groups excluding carboxylic acids is 3. The lowest BCUT2D eigenvalue weighted by atomic mass is 9.96. The van der Waals surface area contributed by atoms with Crippen molar-refractivity contribution in [1.29, 1.82) is 0 Å². The Morgan fingerprint density at radius 3 is 2.10 bits per heavy atom. The zero-order chi connectivity index (χ0) is 27.5. The lowest BCUT2D eigenvalue weighted by molar-refractivity contribution is -0.129. The Bertz CT molecular complexity index is 1220. The Balaban J connectivity index is 0.00000533. The maximum Gasteiger partial charge on any atom is 0.417 e. The van der Waals surface area contributed by atoms with Crippen molar-refractivity contribution in [3.8, 4) is 5.75 Å². The van der Waals surface area contributed by atoms with Gasteiger partial charge in [-0.2, -0.15) is 0 Å². The van der Waals surface area contributed by atoms with E-state index in [1.165, 1.54) is 5.56 Å². The molecule has 0 aliphatic heterocycles. The van der Waals surface area contributed by atoms with Gasteiger partial charge in [-0.15, -0.1) is 12.4 Å². The van der Waals surface area contributed by atoms with Crippen molar-refractivity contribution in [2.75, 3.05) is 11.9 Å². The van der Waals surface area contributed by atoms with E-state index in [0.29, 0.717) is 18.0 Å². The Morgan fingerprint density at radius 2 is 1.49 bits per heavy atom. The van der Waals surface area contributed by atoms with Crippen LogP contribution in [0, 0.1) is 13.8 Å². The van der Waals surface area contributed by atoms with Crippen LogP contribution in [0.5, 0.6) is 5.75 Å². The van der Waals surface area contributed by atoms with Crippen LogP contribution in [-0.2, 0) is 22.4 Å². The molecular formula is C30H37ClN4O4. The van der Waals surface area contributed by atoms with E-state index in [1.807, 2.05) is 50.2 Å². The highest BCUT2D eigenvalue weighted by molar-refractivity contribution is 5.89. The van der Waals surface area contributed by atoms with Crippen molar-refractivity contribution in [2.24, 2.45) is 5.73 Å². The molecule has 0 saturated carbocycles. The van der Waals surface area contributed by atoms with Crippen LogP contribution in [0.2, 0.25) is 0 Å². The number of hydrogen-bond donors (Lipinski definition) is 4. The largest absolute Gasteiger partial charge is 0.417 e. The molecule has 39 heavy (non-hydrogen) atoms. The van der Waals surface area contributed by atoms with E-state index in [0.717, 1.165) is 29.5 Å². The number of carbonyl (C=O) groups is 3. The van der Waals surface area contributed by atoms with Gasteiger partial charge in [0.25, 0.3) is 0 Å². The number of para-hydroxylation sites is 1. The minimum atomic E-state index is -0.839. The van der Waals surface area contributed by atoms with Crippen LogP contribution in [0.3, 0.4) is 0 Å². The van der Waals surface area contributed by atoms with Crippen LogP contribution in [0.1, 0.15) is 35.6 Å². The van der Waals surface area contributed by atoms with Crippen LogP contribution in [0.4, 0.5) is 10.5 Å². The first-order valence-electron chi connectivity index (χ1n) is 12.7. The Kier molecular flexibility index (Phi) is 12.5. The van der Waals surface area contributed by atoms with Crippen LogP contribution in [0.25, 0.3) is 0 Å². The smallest absolute Gasteiger partial charge is 0.410 e. The third-order valence-corrected chi connectivity index (χ3v) is 6.20. The predicted molar refractivity (Wildman–Crippen MR) is 156 cm³/mol. The zero-order valence-electron chi connectivity index (χ0n) is 22.5. The van der Waals surface area contributed by atoms with Gasteiger partial charge in [0, 0.05) is 12.2 Å². The fraction of sp³-hybridized carbons (Fsp3) is 0.300. The van der Waals surface area contributed by atoms with Crippen molar-refractivity contribution >= 4 is 36.0 Å². The standard InChI is InChI=1S/C30H36N4O4.ClH/c1-20-17-25(38-30(37)34-24-14-8-5-9-15-24)18-21(2)26(20)19-27(31)29(36)33-22(3)28(35)32-16-10-13-23-11-6-4-7-12-23;/h4-9,11-12,14-15,17-18,22,27H,10,13,16,19,31H2,1-3H3,(H,32,35)(H,33,36)(H,34,37);1H/t22-,27+;/m1./s1. The Morgan fingerprint density at radius 1 is 0.897 bits per heavy atom. The van der Waals surface area contributed by atoms with Gasteiger partial charge in [-0.25, -0.2) is 4.79 Å². The Labute approximate surface area is 236 Å². The number of nitrogens with two attached hydrogens (primary N) is 1. The van der Waals surface area contributed by atoms with Crippen molar-refractivity contribution in [1.82, 2.24) is 10.6 Å². The van der Waals surface area contributed by atoms with Crippen molar-refractivity contribution in [2.45, 2.75) is 52.1 Å². The van der Waals surface area contributed by atoms with E-state index >= 15 is 0 Å². The normalized spacial score (nSPS) is 11.9. The quantitative estimate of drug-likeness (QED) is 0.262. The first-order chi connectivity index (χ1) is 18.2. The molecule has 0 aliphatic rings. The highest BCUT2D eigenvalue weighted by Crippen LogP contribution is 2.23. The van der Waals surface area contributed by atoms with Crippen LogP contribution < -0.4 is 26.4 Å². The molecule has 3 aromatic carbocycles. The van der Waals surface area contributed by atoms with Gasteiger partial charge in [-0.3, -0.25) is 14.9 Å². The molecule has 0 bridgehead atoms. The molecule has 5 N–H and O–H groups in total. The average molecular weight is 553 g/mol. The van der Waals surface area contributed by atoms with Gasteiger partial charge >= 0.3 is 6.09 Å². The molecule has 3 aromatic rings. The summed E-state index contributed by atoms with van der Waals surface area (Å²) in [7, 11) is 0. The molecule has 3 amide bonds. The maximum atomic E-state index is 12.7. The average Bonchev–Trinajstić information content (AvgIpc) is 2.89. The van der Waals surface area contributed by atoms with E-state index < -0.39 is 24.1 Å². The number of amides is 3. The lowest BCUT2D eigenvalue weighted by Gasteiger charge is -2.19. The maximum absolute atomic E-state index is 12.7. The number of ether oxygens (including phenoxy) is 1. The molecule has 8 nitrogen and oxygen atoms in total. The fourth-order valence-corrected chi connectivity index (χ4v) is 4.11. The summed E-state index contributed by atoms with van der Waals surface area (Å²) < 4.78 is 5.43. The van der Waals surface area contributed by atoms with E-state index in [1.54, 1.807) is 31.2 Å². The number of hydrogen-bond acceptors (Lipinski definition) is 5. The number of nitrogens with one attached hydrogen (secondary N) is 3. The van der Waals surface area contributed by atoms with E-state index in [-0.39, 0.29) is 24.7 Å². The lowest BCUT2D eigenvalue weighted by Crippen LogP contribution is -2.51. The molecule has 0 heterocycles. The van der Waals surface area contributed by atoms with Crippen molar-refractivity contribution in [3.63, 3.8) is 0 Å². The zero-order valence-corrected chi connectivity index (χ0v) is 23.3. The second kappa shape index (κ2) is 15.5. The van der Waals surface area contributed by atoms with E-state index in [2.05, 4.69) is 28.1 Å². The number of halogens is 1. The minimum Gasteiger partial charge on any atom is -0.410 e. The summed E-state index contributed by atoms with van der Waals surface area (Å²) in [5.74, 6) is -0.257. The summed E-state index contributed by atoms with van der Waals surface area (Å²) in [5.41, 5.74) is 10.6. The summed E-state index contributed by atoms with van der Waals surface area (Å²) >= 11 is 0. The minimum absolute atomic E-state index is 0. The van der Waals surface area contributed by atoms with Gasteiger partial charge < -0.3 is 21.1 Å². The van der Waals surface area contributed by atoms with Crippen LogP contribution in [-0.4, -0.2) is 36.5 Å². The highest BCUT2D eigenvalue weighted by atomic mass is 35.5. The molecule has 0 unspecified atom stereocenters. The monoisotopic (exact) mass is 552 g/mol. The van der Waals surface area contributed by atoms with Crippen LogP contribution in [0.15, 0.2) is 72.8 Å². The van der Waals surface area contributed by atoms with Crippen molar-refractivity contribution in [3.05, 3.63) is 95.1 Å². The Hall–Kier alpha value is -3.88. The molecule has 0 spiro atoms. The van der Waals surface area contributed by atoms with Gasteiger partial charge in [0.1, 0.15) is 11.8 Å². The van der Waals surface area contributed by atoms with Crippen molar-refractivity contribution < 1.29 is 19.1 Å². The summed E-state index contributed by atoms with van der Waals surface area (Å²) in [5, 5.41) is 8.24. The molecule has 0 radical (unpaired) electrons. The number of anilines is 1. The number of aryl methyl sites for hydroxylation is 3.